The van der Waals surface area contributed by atoms with Gasteiger partial charge in [-0.3, -0.25) is 0 Å². The Balaban J connectivity index is 2.19. The molecule has 1 nitrogen and oxygen atoms in total. The highest BCUT2D eigenvalue weighted by atomic mass is 15.1. The zero-order valence-electron chi connectivity index (χ0n) is 13.1. The van der Waals surface area contributed by atoms with Crippen LogP contribution in [0.5, 0.6) is 0 Å². The molecule has 0 unspecified atom stereocenters. The fraction of sp³-hybridized carbons (Fsp3) is 0.368. The topological polar surface area (TPSA) is 3.24 Å². The minimum atomic E-state index is 1.02. The maximum Gasteiger partial charge on any atom is 0.0368 e. The molecule has 0 N–H and O–H groups in total. The van der Waals surface area contributed by atoms with Gasteiger partial charge in [-0.15, -0.1) is 0 Å². The fourth-order valence-electron chi connectivity index (χ4n) is 2.59. The fourth-order valence-corrected chi connectivity index (χ4v) is 2.59. The molecule has 2 aromatic rings. The summed E-state index contributed by atoms with van der Waals surface area (Å²) in [5.74, 6) is 0. The van der Waals surface area contributed by atoms with Gasteiger partial charge in [-0.25, -0.2) is 0 Å². The van der Waals surface area contributed by atoms with Gasteiger partial charge in [0.25, 0.3) is 0 Å². The number of hydrogen-bond acceptors (Lipinski definition) is 1. The first-order valence-electron chi connectivity index (χ1n) is 7.54. The Labute approximate surface area is 123 Å². The van der Waals surface area contributed by atoms with Gasteiger partial charge in [0.05, 0.1) is 0 Å². The molecule has 0 fully saturated rings. The van der Waals surface area contributed by atoms with E-state index in [0.29, 0.717) is 0 Å². The van der Waals surface area contributed by atoms with E-state index in [2.05, 4.69) is 75.1 Å². The van der Waals surface area contributed by atoms with Gasteiger partial charge in [0, 0.05) is 18.8 Å². The van der Waals surface area contributed by atoms with E-state index in [1.807, 2.05) is 0 Å². The van der Waals surface area contributed by atoms with E-state index in [1.165, 1.54) is 27.9 Å². The number of hydrogen-bond donors (Lipinski definition) is 0. The highest BCUT2D eigenvalue weighted by Gasteiger charge is 2.05. The predicted molar refractivity (Wildman–Crippen MR) is 88.7 cm³/mol. The van der Waals surface area contributed by atoms with E-state index in [4.69, 9.17) is 0 Å². The summed E-state index contributed by atoms with van der Waals surface area (Å²) in [4.78, 5) is 2.39. The van der Waals surface area contributed by atoms with Crippen LogP contribution < -0.4 is 4.90 Å². The lowest BCUT2D eigenvalue weighted by Crippen LogP contribution is -2.21. The molecule has 0 saturated carbocycles. The zero-order valence-corrected chi connectivity index (χ0v) is 13.1. The van der Waals surface area contributed by atoms with Crippen molar-refractivity contribution in [3.05, 3.63) is 64.7 Å². The maximum absolute atomic E-state index is 2.39. The standard InChI is InChI=1S/C19H25N/c1-5-20(6-2)19-12-11-18(16(4)13-19)14-17-9-7-15(3)8-10-17/h7-13H,5-6,14H2,1-4H3. The molecule has 0 aliphatic rings. The molecule has 0 aliphatic heterocycles. The van der Waals surface area contributed by atoms with E-state index in [9.17, 15) is 0 Å². The Morgan fingerprint density at radius 2 is 1.50 bits per heavy atom. The molecule has 0 radical (unpaired) electrons. The molecule has 20 heavy (non-hydrogen) atoms. The van der Waals surface area contributed by atoms with Gasteiger partial charge in [0.15, 0.2) is 0 Å². The van der Waals surface area contributed by atoms with Crippen molar-refractivity contribution >= 4 is 5.69 Å². The van der Waals surface area contributed by atoms with Crippen molar-refractivity contribution in [1.29, 1.82) is 0 Å². The predicted octanol–water partition coefficient (Wildman–Crippen LogP) is 4.74. The molecule has 106 valence electrons. The summed E-state index contributed by atoms with van der Waals surface area (Å²) in [6.07, 6.45) is 1.02. The van der Waals surface area contributed by atoms with E-state index in [0.717, 1.165) is 19.5 Å². The van der Waals surface area contributed by atoms with Crippen LogP contribution in [-0.2, 0) is 6.42 Å². The third-order valence-corrected chi connectivity index (χ3v) is 3.97. The van der Waals surface area contributed by atoms with E-state index >= 15 is 0 Å². The van der Waals surface area contributed by atoms with Crippen LogP contribution in [0.25, 0.3) is 0 Å². The van der Waals surface area contributed by atoms with Gasteiger partial charge in [-0.2, -0.15) is 0 Å². The summed E-state index contributed by atoms with van der Waals surface area (Å²) in [5, 5.41) is 0. The first kappa shape index (κ1) is 14.6. The average Bonchev–Trinajstić information content (AvgIpc) is 2.45. The monoisotopic (exact) mass is 267 g/mol. The largest absolute Gasteiger partial charge is 0.372 e. The van der Waals surface area contributed by atoms with Gasteiger partial charge in [-0.05, 0) is 62.9 Å². The van der Waals surface area contributed by atoms with E-state index in [-0.39, 0.29) is 0 Å². The summed E-state index contributed by atoms with van der Waals surface area (Å²) in [5.41, 5.74) is 6.84. The summed E-state index contributed by atoms with van der Waals surface area (Å²) in [6.45, 7) is 10.9. The number of aryl methyl sites for hydroxylation is 2. The highest BCUT2D eigenvalue weighted by molar-refractivity contribution is 5.51. The molecule has 0 bridgehead atoms. The molecule has 0 aromatic heterocycles. The van der Waals surface area contributed by atoms with Crippen LogP contribution in [0.3, 0.4) is 0 Å². The van der Waals surface area contributed by atoms with Gasteiger partial charge in [-0.1, -0.05) is 35.9 Å². The Morgan fingerprint density at radius 3 is 2.05 bits per heavy atom. The molecule has 0 saturated heterocycles. The van der Waals surface area contributed by atoms with Crippen molar-refractivity contribution in [3.8, 4) is 0 Å². The molecule has 0 spiro atoms. The lowest BCUT2D eigenvalue weighted by molar-refractivity contribution is 0.864. The molecule has 0 amide bonds. The molecular weight excluding hydrogens is 242 g/mol. The number of rotatable bonds is 5. The van der Waals surface area contributed by atoms with Crippen molar-refractivity contribution < 1.29 is 0 Å². The Kier molecular flexibility index (Phi) is 4.84. The molecule has 0 heterocycles. The van der Waals surface area contributed by atoms with Crippen molar-refractivity contribution in [2.75, 3.05) is 18.0 Å². The van der Waals surface area contributed by atoms with Crippen LogP contribution in [0.4, 0.5) is 5.69 Å². The smallest absolute Gasteiger partial charge is 0.0368 e. The minimum Gasteiger partial charge on any atom is -0.372 e. The first-order chi connectivity index (χ1) is 9.63. The molecule has 0 atom stereocenters. The third-order valence-electron chi connectivity index (χ3n) is 3.97. The van der Waals surface area contributed by atoms with Crippen LogP contribution >= 0.6 is 0 Å². The van der Waals surface area contributed by atoms with Gasteiger partial charge in [0.2, 0.25) is 0 Å². The zero-order chi connectivity index (χ0) is 14.5. The summed E-state index contributed by atoms with van der Waals surface area (Å²) in [6, 6.07) is 15.7. The second-order valence-corrected chi connectivity index (χ2v) is 5.45. The van der Waals surface area contributed by atoms with E-state index < -0.39 is 0 Å². The van der Waals surface area contributed by atoms with Gasteiger partial charge < -0.3 is 4.90 Å². The lowest BCUT2D eigenvalue weighted by Gasteiger charge is -2.22. The third kappa shape index (κ3) is 3.41. The normalized spacial score (nSPS) is 10.6. The lowest BCUT2D eigenvalue weighted by atomic mass is 9.99. The molecule has 0 aliphatic carbocycles. The second-order valence-electron chi connectivity index (χ2n) is 5.45. The van der Waals surface area contributed by atoms with Gasteiger partial charge >= 0.3 is 0 Å². The molecule has 2 aromatic carbocycles. The van der Waals surface area contributed by atoms with Crippen LogP contribution in [0, 0.1) is 13.8 Å². The van der Waals surface area contributed by atoms with Crippen LogP contribution in [0.15, 0.2) is 42.5 Å². The quantitative estimate of drug-likeness (QED) is 0.756. The summed E-state index contributed by atoms with van der Waals surface area (Å²) in [7, 11) is 0. The van der Waals surface area contributed by atoms with E-state index in [1.54, 1.807) is 0 Å². The SMILES string of the molecule is CCN(CC)c1ccc(Cc2ccc(C)cc2)c(C)c1. The Bertz CT molecular complexity index is 550. The van der Waals surface area contributed by atoms with Crippen molar-refractivity contribution in [1.82, 2.24) is 0 Å². The maximum atomic E-state index is 2.39. The molecular formula is C19H25N. The van der Waals surface area contributed by atoms with Crippen molar-refractivity contribution in [2.24, 2.45) is 0 Å². The summed E-state index contributed by atoms with van der Waals surface area (Å²) >= 11 is 0. The van der Waals surface area contributed by atoms with Crippen molar-refractivity contribution in [2.45, 2.75) is 34.1 Å². The second kappa shape index (κ2) is 6.60. The van der Waals surface area contributed by atoms with Crippen LogP contribution in [-0.4, -0.2) is 13.1 Å². The minimum absolute atomic E-state index is 1.02. The number of benzene rings is 2. The van der Waals surface area contributed by atoms with Crippen LogP contribution in [0.1, 0.15) is 36.1 Å². The van der Waals surface area contributed by atoms with Crippen molar-refractivity contribution in [3.63, 3.8) is 0 Å². The first-order valence-corrected chi connectivity index (χ1v) is 7.54. The summed E-state index contributed by atoms with van der Waals surface area (Å²) < 4.78 is 0. The highest BCUT2D eigenvalue weighted by Crippen LogP contribution is 2.21. The average molecular weight is 267 g/mol. The number of nitrogens with zero attached hydrogens (tertiary/aromatic N) is 1. The molecule has 1 heteroatoms. The van der Waals surface area contributed by atoms with Gasteiger partial charge in [0.1, 0.15) is 0 Å². The van der Waals surface area contributed by atoms with Crippen LogP contribution in [0.2, 0.25) is 0 Å². The molecule has 2 rings (SSSR count). The number of anilines is 1. The Morgan fingerprint density at radius 1 is 0.850 bits per heavy atom. The Hall–Kier alpha value is -1.76.